The van der Waals surface area contributed by atoms with Gasteiger partial charge in [0, 0.05) is 0 Å². The van der Waals surface area contributed by atoms with E-state index < -0.39 is 0 Å². The number of rotatable bonds is 1. The third-order valence-electron chi connectivity index (χ3n) is 8.84. The van der Waals surface area contributed by atoms with Gasteiger partial charge in [0.2, 0.25) is 0 Å². The Morgan fingerprint density at radius 1 is 1.25 bits per heavy atom. The first-order valence-electron chi connectivity index (χ1n) is 9.80. The minimum Gasteiger partial charge on any atom is -0.497 e. The third-order valence-corrected chi connectivity index (χ3v) is 8.84. The number of hydrogen-bond donors (Lipinski definition) is 0. The van der Waals surface area contributed by atoms with E-state index in [1.54, 1.807) is 23.8 Å². The first kappa shape index (κ1) is 15.0. The normalized spacial score (nSPS) is 48.2. The fourth-order valence-electron chi connectivity index (χ4n) is 7.71. The van der Waals surface area contributed by atoms with Crippen LogP contribution >= 0.6 is 0 Å². The molecule has 1 spiro atoms. The Bertz CT molecular complexity index is 734. The van der Waals surface area contributed by atoms with Gasteiger partial charge >= 0.3 is 0 Å². The molecule has 4 aliphatic rings. The molecule has 0 aromatic heterocycles. The fraction of sp³-hybridized carbons (Fsp3) is 0.652. The zero-order valence-electron chi connectivity index (χ0n) is 15.6. The minimum absolute atomic E-state index is 0.399. The minimum atomic E-state index is 0.399. The smallest absolute Gasteiger partial charge is 0.119 e. The molecule has 4 aliphatic carbocycles. The summed E-state index contributed by atoms with van der Waals surface area (Å²) in [5, 5.41) is 0. The second-order valence-corrected chi connectivity index (χ2v) is 9.41. The highest BCUT2D eigenvalue weighted by Crippen LogP contribution is 2.84. The Morgan fingerprint density at radius 2 is 2.04 bits per heavy atom. The summed E-state index contributed by atoms with van der Waals surface area (Å²) in [6.07, 6.45) is 5.36. The Hall–Kier alpha value is -1.24. The highest BCUT2D eigenvalue weighted by atomic mass is 16.5. The monoisotopic (exact) mass is 322 g/mol. The number of fused-ring (bicyclic) bond motifs is 3. The fourth-order valence-corrected chi connectivity index (χ4v) is 7.71. The van der Waals surface area contributed by atoms with Crippen molar-refractivity contribution in [3.63, 3.8) is 0 Å². The van der Waals surface area contributed by atoms with Gasteiger partial charge in [0.15, 0.2) is 0 Å². The average Bonchev–Trinajstić information content (AvgIpc) is 3.28. The maximum atomic E-state index is 5.48. The van der Waals surface area contributed by atoms with E-state index in [-0.39, 0.29) is 0 Å². The second-order valence-electron chi connectivity index (χ2n) is 9.41. The van der Waals surface area contributed by atoms with Gasteiger partial charge in [-0.25, -0.2) is 0 Å². The number of hydrogen-bond acceptors (Lipinski definition) is 1. The van der Waals surface area contributed by atoms with Crippen molar-refractivity contribution in [1.29, 1.82) is 0 Å². The summed E-state index contributed by atoms with van der Waals surface area (Å²) in [6.45, 7) is 12.1. The van der Waals surface area contributed by atoms with Crippen LogP contribution in [0.3, 0.4) is 0 Å². The van der Waals surface area contributed by atoms with Crippen LogP contribution in [-0.2, 0) is 6.42 Å². The number of ether oxygens (including phenoxy) is 1. The van der Waals surface area contributed by atoms with Gasteiger partial charge in [-0.2, -0.15) is 0 Å². The van der Waals surface area contributed by atoms with Crippen LogP contribution in [0.2, 0.25) is 0 Å². The van der Waals surface area contributed by atoms with Gasteiger partial charge in [0.1, 0.15) is 5.75 Å². The number of allylic oxidation sites excluding steroid dienone is 1. The van der Waals surface area contributed by atoms with Crippen molar-refractivity contribution in [1.82, 2.24) is 0 Å². The van der Waals surface area contributed by atoms with Crippen molar-refractivity contribution < 1.29 is 4.74 Å². The molecule has 3 saturated carbocycles. The third kappa shape index (κ3) is 1.49. The molecule has 0 aliphatic heterocycles. The van der Waals surface area contributed by atoms with E-state index in [0.29, 0.717) is 10.8 Å². The molecule has 1 aromatic carbocycles. The Labute approximate surface area is 146 Å². The van der Waals surface area contributed by atoms with Crippen molar-refractivity contribution in [2.75, 3.05) is 7.11 Å². The molecule has 0 radical (unpaired) electrons. The molecule has 1 heteroatoms. The SMILES string of the molecule is C=C1[C@@H](C)[C@@H]2C[C@]23[C@@H]2[C@H](C)Cc4cc(OC)ccc4[C@H]2CC[C@]13C. The second kappa shape index (κ2) is 4.48. The summed E-state index contributed by atoms with van der Waals surface area (Å²) in [6, 6.07) is 6.85. The lowest BCUT2D eigenvalue weighted by atomic mass is 9.50. The van der Waals surface area contributed by atoms with Gasteiger partial charge < -0.3 is 4.74 Å². The maximum absolute atomic E-state index is 5.48. The van der Waals surface area contributed by atoms with Crippen molar-refractivity contribution >= 4 is 0 Å². The van der Waals surface area contributed by atoms with E-state index in [2.05, 4.69) is 45.5 Å². The topological polar surface area (TPSA) is 9.23 Å². The highest BCUT2D eigenvalue weighted by Gasteiger charge is 2.77. The Balaban J connectivity index is 1.62. The maximum Gasteiger partial charge on any atom is 0.119 e. The molecule has 128 valence electrons. The molecule has 7 atom stereocenters. The molecule has 0 unspecified atom stereocenters. The van der Waals surface area contributed by atoms with Gasteiger partial charge in [-0.3, -0.25) is 0 Å². The van der Waals surface area contributed by atoms with Gasteiger partial charge in [0.05, 0.1) is 7.11 Å². The van der Waals surface area contributed by atoms with Crippen LogP contribution in [0.25, 0.3) is 0 Å². The first-order valence-corrected chi connectivity index (χ1v) is 9.80. The first-order chi connectivity index (χ1) is 11.4. The van der Waals surface area contributed by atoms with E-state index in [1.165, 1.54) is 25.7 Å². The molecule has 5 rings (SSSR count). The van der Waals surface area contributed by atoms with Gasteiger partial charge in [-0.1, -0.05) is 39.0 Å². The zero-order chi connectivity index (χ0) is 16.9. The van der Waals surface area contributed by atoms with Gasteiger partial charge in [-0.15, -0.1) is 0 Å². The predicted molar refractivity (Wildman–Crippen MR) is 98.3 cm³/mol. The van der Waals surface area contributed by atoms with Gasteiger partial charge in [-0.05, 0) is 89.4 Å². The summed E-state index contributed by atoms with van der Waals surface area (Å²) in [7, 11) is 1.78. The molecule has 1 nitrogen and oxygen atoms in total. The summed E-state index contributed by atoms with van der Waals surface area (Å²) in [5.74, 6) is 5.04. The molecule has 3 fully saturated rings. The Morgan fingerprint density at radius 3 is 2.79 bits per heavy atom. The molecule has 1 aromatic rings. The van der Waals surface area contributed by atoms with E-state index in [1.807, 2.05) is 0 Å². The quantitative estimate of drug-likeness (QED) is 0.612. The Kier molecular flexibility index (Phi) is 2.81. The van der Waals surface area contributed by atoms with Crippen molar-refractivity contribution in [3.05, 3.63) is 41.5 Å². The molecule has 0 N–H and O–H groups in total. The van der Waals surface area contributed by atoms with Crippen LogP contribution in [0.5, 0.6) is 5.75 Å². The van der Waals surface area contributed by atoms with Crippen LogP contribution in [0.1, 0.15) is 57.1 Å². The lowest BCUT2D eigenvalue weighted by Gasteiger charge is -2.54. The van der Waals surface area contributed by atoms with Crippen molar-refractivity contribution in [2.24, 2.45) is 34.5 Å². The summed E-state index contributed by atoms with van der Waals surface area (Å²) >= 11 is 0. The molecule has 24 heavy (non-hydrogen) atoms. The average molecular weight is 322 g/mol. The largest absolute Gasteiger partial charge is 0.497 e. The predicted octanol–water partition coefficient (Wildman–Crippen LogP) is 5.60. The van der Waals surface area contributed by atoms with E-state index in [0.717, 1.165) is 35.3 Å². The molecular weight excluding hydrogens is 292 g/mol. The van der Waals surface area contributed by atoms with Crippen molar-refractivity contribution in [3.8, 4) is 5.75 Å². The lowest BCUT2D eigenvalue weighted by Crippen LogP contribution is -2.46. The molecule has 0 heterocycles. The summed E-state index contributed by atoms with van der Waals surface area (Å²) < 4.78 is 5.48. The van der Waals surface area contributed by atoms with E-state index >= 15 is 0 Å². The molecule has 0 saturated heterocycles. The lowest BCUT2D eigenvalue weighted by molar-refractivity contribution is 0.0151. The van der Waals surface area contributed by atoms with Crippen molar-refractivity contribution in [2.45, 2.75) is 52.4 Å². The highest BCUT2D eigenvalue weighted by molar-refractivity contribution is 5.45. The van der Waals surface area contributed by atoms with E-state index in [4.69, 9.17) is 4.74 Å². The summed E-state index contributed by atoms with van der Waals surface area (Å²) in [5.41, 5.74) is 5.71. The van der Waals surface area contributed by atoms with Crippen LogP contribution in [0.15, 0.2) is 30.4 Å². The van der Waals surface area contributed by atoms with Crippen LogP contribution < -0.4 is 4.74 Å². The molecular formula is C23H30O. The van der Waals surface area contributed by atoms with Crippen LogP contribution in [0.4, 0.5) is 0 Å². The van der Waals surface area contributed by atoms with Crippen LogP contribution in [-0.4, -0.2) is 7.11 Å². The van der Waals surface area contributed by atoms with E-state index in [9.17, 15) is 0 Å². The number of methoxy groups -OCH3 is 1. The standard InChI is InChI=1S/C23H30O/c1-13-10-16-11-17(24-5)6-7-18(16)19-8-9-22(4)15(3)14(2)20-12-23(20,22)21(13)19/h6-7,11,13-14,19-21H,3,8-10,12H2,1-2,4-5H3/t13-,14-,19-,20+,21-,22-,23-/m1/s1. The molecule has 0 bridgehead atoms. The zero-order valence-corrected chi connectivity index (χ0v) is 15.6. The number of benzene rings is 1. The molecule has 0 amide bonds. The van der Waals surface area contributed by atoms with Gasteiger partial charge in [0.25, 0.3) is 0 Å². The van der Waals surface area contributed by atoms with Crippen LogP contribution in [0, 0.1) is 34.5 Å². The summed E-state index contributed by atoms with van der Waals surface area (Å²) in [4.78, 5) is 0.